The molecule has 0 aliphatic carbocycles. The molecule has 0 atom stereocenters. The Morgan fingerprint density at radius 1 is 1.17 bits per heavy atom. The number of fused-ring (bicyclic) bond motifs is 1. The summed E-state index contributed by atoms with van der Waals surface area (Å²) in [5.41, 5.74) is 1.74. The monoisotopic (exact) mass is 403 g/mol. The lowest BCUT2D eigenvalue weighted by Crippen LogP contribution is -2.27. The zero-order chi connectivity index (χ0) is 16.7. The zero-order valence-corrected chi connectivity index (χ0v) is 15.2. The van der Waals surface area contributed by atoms with Gasteiger partial charge in [-0.3, -0.25) is 0 Å². The molecule has 9 heteroatoms. The van der Waals surface area contributed by atoms with Crippen LogP contribution < -0.4 is 4.52 Å². The molecule has 1 N–H and O–H groups in total. The fraction of sp³-hybridized carbons (Fsp3) is 0.133. The lowest BCUT2D eigenvalue weighted by atomic mass is 10.2. The fourth-order valence-corrected chi connectivity index (χ4v) is 3.48. The summed E-state index contributed by atoms with van der Waals surface area (Å²) < 4.78 is 8.54. The topological polar surface area (TPSA) is 84.6 Å². The van der Waals surface area contributed by atoms with E-state index < -0.39 is 0 Å². The first-order valence-electron chi connectivity index (χ1n) is 7.12. The van der Waals surface area contributed by atoms with Gasteiger partial charge in [-0.25, -0.2) is 5.10 Å². The van der Waals surface area contributed by atoms with Gasteiger partial charge in [-0.1, -0.05) is 32.0 Å². The van der Waals surface area contributed by atoms with Crippen LogP contribution in [-0.4, -0.2) is 25.3 Å². The molecule has 4 rings (SSSR count). The highest BCUT2D eigenvalue weighted by atomic mass is 79.9. The molecule has 3 aromatic heterocycles. The van der Waals surface area contributed by atoms with E-state index >= 15 is 0 Å². The average molecular weight is 404 g/mol. The quantitative estimate of drug-likeness (QED) is 0.417. The van der Waals surface area contributed by atoms with E-state index in [0.29, 0.717) is 16.9 Å². The van der Waals surface area contributed by atoms with Crippen LogP contribution in [0.2, 0.25) is 0 Å². The van der Waals surface area contributed by atoms with E-state index in [2.05, 4.69) is 41.2 Å². The van der Waals surface area contributed by atoms with Crippen LogP contribution in [0.4, 0.5) is 0 Å². The predicted octanol–water partition coefficient (Wildman–Crippen LogP) is 3.12. The minimum absolute atomic E-state index is 0.455. The summed E-state index contributed by atoms with van der Waals surface area (Å²) in [5, 5.41) is 12.7. The molecule has 24 heavy (non-hydrogen) atoms. The Morgan fingerprint density at radius 2 is 2.04 bits per heavy atom. The zero-order valence-electron chi connectivity index (χ0n) is 12.8. The predicted molar refractivity (Wildman–Crippen MR) is 90.6 cm³/mol. The lowest BCUT2D eigenvalue weighted by molar-refractivity contribution is -0.620. The second kappa shape index (κ2) is 5.99. The van der Waals surface area contributed by atoms with Crippen molar-refractivity contribution in [2.24, 2.45) is 0 Å². The van der Waals surface area contributed by atoms with Crippen molar-refractivity contribution in [3.63, 3.8) is 0 Å². The number of nitrogens with one attached hydrogen (secondary N) is 1. The molecule has 0 saturated carbocycles. The summed E-state index contributed by atoms with van der Waals surface area (Å²) in [5.74, 6) is 1.88. The first-order chi connectivity index (χ1) is 11.6. The van der Waals surface area contributed by atoms with Crippen molar-refractivity contribution in [3.05, 3.63) is 46.3 Å². The van der Waals surface area contributed by atoms with Crippen LogP contribution in [0, 0.1) is 13.8 Å². The number of aromatic amines is 1. The van der Waals surface area contributed by atoms with Gasteiger partial charge >= 0.3 is 5.78 Å². The summed E-state index contributed by atoms with van der Waals surface area (Å²) >= 11 is 4.81. The van der Waals surface area contributed by atoms with Crippen molar-refractivity contribution in [1.82, 2.24) is 25.3 Å². The highest BCUT2D eigenvalue weighted by Gasteiger charge is 2.19. The van der Waals surface area contributed by atoms with E-state index in [0.717, 1.165) is 26.6 Å². The maximum Gasteiger partial charge on any atom is 0.458 e. The first-order valence-corrected chi connectivity index (χ1v) is 8.73. The van der Waals surface area contributed by atoms with Gasteiger partial charge in [0.05, 0.1) is 0 Å². The van der Waals surface area contributed by atoms with E-state index in [4.69, 9.17) is 4.42 Å². The molecule has 0 saturated heterocycles. The standard InChI is InChI=1S/C15H11BrN6OS/c1-8-6-12(22-14(17-8)18-9(2)21-22)24-15-20-19-13(23-15)10-4-3-5-11(16)7-10/h3-7H,1-2H3/p+1. The first kappa shape index (κ1) is 15.3. The fourth-order valence-electron chi connectivity index (χ4n) is 2.25. The molecule has 4 aromatic rings. The molecule has 3 heterocycles. The summed E-state index contributed by atoms with van der Waals surface area (Å²) in [6.07, 6.45) is 0. The molecule has 0 aliphatic rings. The number of hydrogen-bond acceptors (Lipinski definition) is 6. The van der Waals surface area contributed by atoms with Gasteiger partial charge in [0.1, 0.15) is 5.69 Å². The summed E-state index contributed by atoms with van der Waals surface area (Å²) in [6.45, 7) is 3.81. The molecule has 0 fully saturated rings. The molecule has 120 valence electrons. The Balaban J connectivity index is 1.69. The van der Waals surface area contributed by atoms with Gasteiger partial charge in [-0.05, 0) is 25.1 Å². The Hall–Kier alpha value is -2.26. The number of aryl methyl sites for hydroxylation is 2. The Bertz CT molecular complexity index is 1040. The number of aromatic nitrogens is 6. The van der Waals surface area contributed by atoms with E-state index in [1.807, 2.05) is 44.2 Å². The average Bonchev–Trinajstić information content (AvgIpc) is 3.13. The normalized spacial score (nSPS) is 11.3. The maximum atomic E-state index is 5.78. The molecule has 0 amide bonds. The molecule has 0 unspecified atom stereocenters. The second-order valence-electron chi connectivity index (χ2n) is 5.17. The molecule has 0 bridgehead atoms. The molecule has 1 aromatic carbocycles. The van der Waals surface area contributed by atoms with E-state index in [-0.39, 0.29) is 0 Å². The van der Waals surface area contributed by atoms with Crippen LogP contribution in [-0.2, 0) is 0 Å². The highest BCUT2D eigenvalue weighted by molar-refractivity contribution is 9.10. The number of H-pyrrole nitrogens is 1. The summed E-state index contributed by atoms with van der Waals surface area (Å²) in [7, 11) is 0. The second-order valence-corrected chi connectivity index (χ2v) is 7.05. The van der Waals surface area contributed by atoms with Gasteiger partial charge in [0.15, 0.2) is 5.03 Å². The van der Waals surface area contributed by atoms with Crippen LogP contribution in [0.5, 0.6) is 0 Å². The van der Waals surface area contributed by atoms with E-state index in [9.17, 15) is 0 Å². The highest BCUT2D eigenvalue weighted by Crippen LogP contribution is 2.28. The van der Waals surface area contributed by atoms with Crippen molar-refractivity contribution in [2.45, 2.75) is 24.1 Å². The molecule has 0 radical (unpaired) electrons. The van der Waals surface area contributed by atoms with Gasteiger partial charge in [0, 0.05) is 34.8 Å². The Kier molecular flexibility index (Phi) is 3.81. The molecular weight excluding hydrogens is 392 g/mol. The Labute approximate surface area is 149 Å². The maximum absolute atomic E-state index is 5.78. The van der Waals surface area contributed by atoms with Crippen LogP contribution in [0.25, 0.3) is 17.2 Å². The lowest BCUT2D eigenvalue weighted by Gasteiger charge is -1.96. The third-order valence-corrected chi connectivity index (χ3v) is 4.58. The third kappa shape index (κ3) is 2.92. The van der Waals surface area contributed by atoms with Gasteiger partial charge in [0.2, 0.25) is 11.7 Å². The molecular formula is C15H12BrN6OS+. The summed E-state index contributed by atoms with van der Waals surface area (Å²) in [4.78, 5) is 8.75. The SMILES string of the molecule is Cc1cc(Sc2nnc(-c3cccc(Br)c3)o2)[n+]2[nH]c(C)nc2n1. The minimum atomic E-state index is 0.455. The number of rotatable bonds is 3. The van der Waals surface area contributed by atoms with Crippen LogP contribution >= 0.6 is 27.7 Å². The summed E-state index contributed by atoms with van der Waals surface area (Å²) in [6, 6.07) is 9.68. The van der Waals surface area contributed by atoms with Crippen molar-refractivity contribution in [3.8, 4) is 11.5 Å². The van der Waals surface area contributed by atoms with Crippen molar-refractivity contribution in [1.29, 1.82) is 0 Å². The van der Waals surface area contributed by atoms with Crippen molar-refractivity contribution in [2.75, 3.05) is 0 Å². The largest absolute Gasteiger partial charge is 0.458 e. The molecule has 0 spiro atoms. The van der Waals surface area contributed by atoms with Gasteiger partial charge in [0.25, 0.3) is 5.22 Å². The number of nitrogens with zero attached hydrogens (tertiary/aromatic N) is 5. The van der Waals surface area contributed by atoms with Crippen LogP contribution in [0.15, 0.2) is 49.5 Å². The molecule has 7 nitrogen and oxygen atoms in total. The van der Waals surface area contributed by atoms with Crippen LogP contribution in [0.3, 0.4) is 0 Å². The molecule has 0 aliphatic heterocycles. The smallest absolute Gasteiger partial charge is 0.411 e. The van der Waals surface area contributed by atoms with Gasteiger partial charge in [-0.15, -0.1) is 14.7 Å². The van der Waals surface area contributed by atoms with Crippen molar-refractivity contribution < 1.29 is 8.93 Å². The number of halogens is 1. The third-order valence-electron chi connectivity index (χ3n) is 3.24. The van der Waals surface area contributed by atoms with Gasteiger partial charge < -0.3 is 4.42 Å². The number of hydrogen-bond donors (Lipinski definition) is 1. The van der Waals surface area contributed by atoms with Crippen LogP contribution in [0.1, 0.15) is 11.5 Å². The van der Waals surface area contributed by atoms with E-state index in [1.54, 1.807) is 4.52 Å². The Morgan fingerprint density at radius 3 is 2.88 bits per heavy atom. The van der Waals surface area contributed by atoms with Gasteiger partial charge in [-0.2, -0.15) is 0 Å². The van der Waals surface area contributed by atoms with Crippen molar-refractivity contribution >= 4 is 33.5 Å². The minimum Gasteiger partial charge on any atom is -0.411 e. The number of benzene rings is 1. The van der Waals surface area contributed by atoms with E-state index in [1.165, 1.54) is 11.8 Å².